The van der Waals surface area contributed by atoms with Gasteiger partial charge in [-0.1, -0.05) is 61.0 Å². The number of thioether (sulfide) groups is 1. The summed E-state index contributed by atoms with van der Waals surface area (Å²) in [6.45, 7) is 6.46. The molecule has 20 heavy (non-hydrogen) atoms. The zero-order valence-corrected chi connectivity index (χ0v) is 13.3. The Bertz CT molecular complexity index is 596. The van der Waals surface area contributed by atoms with Gasteiger partial charge in [0.2, 0.25) is 0 Å². The van der Waals surface area contributed by atoms with E-state index in [0.29, 0.717) is 0 Å². The number of aryl methyl sites for hydroxylation is 2. The summed E-state index contributed by atoms with van der Waals surface area (Å²) in [5, 5.41) is 0. The standard InChI is InChI=1S/C10H10.C9H12S/c1-8-5-6-9-3-2-4-10(9)7-8;1-3-10-9-7-5-4-6-8(9)2/h2,4-7H,3H2,1H3;4-7H,3H2,1-2H3. The molecule has 0 bridgehead atoms. The van der Waals surface area contributed by atoms with Gasteiger partial charge in [0, 0.05) is 4.90 Å². The average molecular weight is 282 g/mol. The van der Waals surface area contributed by atoms with E-state index in [9.17, 15) is 0 Å². The molecule has 0 spiro atoms. The lowest BCUT2D eigenvalue weighted by Gasteiger charge is -2.00. The normalized spacial score (nSPS) is 11.8. The predicted molar refractivity (Wildman–Crippen MR) is 91.5 cm³/mol. The van der Waals surface area contributed by atoms with Crippen molar-refractivity contribution in [1.29, 1.82) is 0 Å². The highest BCUT2D eigenvalue weighted by atomic mass is 32.2. The van der Waals surface area contributed by atoms with Crippen molar-refractivity contribution in [2.75, 3.05) is 5.75 Å². The summed E-state index contributed by atoms with van der Waals surface area (Å²) in [4.78, 5) is 1.41. The van der Waals surface area contributed by atoms with Crippen LogP contribution in [0, 0.1) is 13.8 Å². The van der Waals surface area contributed by atoms with Crippen LogP contribution in [0.25, 0.3) is 6.08 Å². The van der Waals surface area contributed by atoms with Gasteiger partial charge in [0.15, 0.2) is 0 Å². The first-order valence-corrected chi connectivity index (χ1v) is 8.13. The molecule has 3 rings (SSSR count). The smallest absolute Gasteiger partial charge is 0.0101 e. The third-order valence-electron chi connectivity index (χ3n) is 3.33. The molecule has 0 aromatic heterocycles. The summed E-state index contributed by atoms with van der Waals surface area (Å²) in [6.07, 6.45) is 5.53. The van der Waals surface area contributed by atoms with Crippen molar-refractivity contribution < 1.29 is 0 Å². The summed E-state index contributed by atoms with van der Waals surface area (Å²) in [6, 6.07) is 15.1. The van der Waals surface area contributed by atoms with Crippen molar-refractivity contribution in [3.8, 4) is 0 Å². The van der Waals surface area contributed by atoms with E-state index in [-0.39, 0.29) is 0 Å². The Morgan fingerprint density at radius 1 is 1.05 bits per heavy atom. The molecule has 1 aliphatic rings. The van der Waals surface area contributed by atoms with Crippen LogP contribution in [-0.2, 0) is 6.42 Å². The van der Waals surface area contributed by atoms with E-state index in [4.69, 9.17) is 0 Å². The second kappa shape index (κ2) is 7.35. The molecule has 2 aromatic rings. The zero-order chi connectivity index (χ0) is 14.4. The van der Waals surface area contributed by atoms with Gasteiger partial charge in [0.1, 0.15) is 0 Å². The summed E-state index contributed by atoms with van der Waals surface area (Å²) >= 11 is 1.90. The second-order valence-corrected chi connectivity index (χ2v) is 6.31. The highest BCUT2D eigenvalue weighted by Gasteiger charge is 2.02. The van der Waals surface area contributed by atoms with E-state index in [1.807, 2.05) is 11.8 Å². The minimum Gasteiger partial charge on any atom is -0.126 e. The SMILES string of the molecule is CCSc1ccccc1C.Cc1ccc2c(c1)C=CC2. The van der Waals surface area contributed by atoms with Crippen LogP contribution in [0.5, 0.6) is 0 Å². The Hall–Kier alpha value is -1.47. The van der Waals surface area contributed by atoms with E-state index in [0.717, 1.165) is 12.2 Å². The molecule has 0 unspecified atom stereocenters. The molecule has 1 heteroatoms. The Kier molecular flexibility index (Phi) is 5.49. The molecular weight excluding hydrogens is 260 g/mol. The number of benzene rings is 2. The minimum atomic E-state index is 1.12. The predicted octanol–water partition coefficient (Wildman–Crippen LogP) is 5.67. The lowest BCUT2D eigenvalue weighted by molar-refractivity contribution is 1.29. The first-order valence-electron chi connectivity index (χ1n) is 7.15. The van der Waals surface area contributed by atoms with Crippen LogP contribution in [0.2, 0.25) is 0 Å². The quantitative estimate of drug-likeness (QED) is 0.639. The third-order valence-corrected chi connectivity index (χ3v) is 4.39. The van der Waals surface area contributed by atoms with Crippen LogP contribution in [0.4, 0.5) is 0 Å². The van der Waals surface area contributed by atoms with Gasteiger partial charge >= 0.3 is 0 Å². The van der Waals surface area contributed by atoms with Gasteiger partial charge in [-0.15, -0.1) is 11.8 Å². The van der Waals surface area contributed by atoms with Crippen molar-refractivity contribution in [2.24, 2.45) is 0 Å². The first-order chi connectivity index (χ1) is 9.70. The number of allylic oxidation sites excluding steroid dienone is 1. The lowest BCUT2D eigenvalue weighted by Crippen LogP contribution is -1.81. The monoisotopic (exact) mass is 282 g/mol. The minimum absolute atomic E-state index is 1.12. The average Bonchev–Trinajstić information content (AvgIpc) is 2.90. The molecule has 1 aliphatic carbocycles. The molecule has 0 nitrogen and oxygen atoms in total. The topological polar surface area (TPSA) is 0 Å². The molecule has 104 valence electrons. The second-order valence-electron chi connectivity index (χ2n) is 5.01. The van der Waals surface area contributed by atoms with Crippen molar-refractivity contribution in [3.05, 3.63) is 70.8 Å². The van der Waals surface area contributed by atoms with Gasteiger partial charge < -0.3 is 0 Å². The van der Waals surface area contributed by atoms with Crippen molar-refractivity contribution in [1.82, 2.24) is 0 Å². The van der Waals surface area contributed by atoms with Gasteiger partial charge in [0.25, 0.3) is 0 Å². The highest BCUT2D eigenvalue weighted by Crippen LogP contribution is 2.21. The lowest BCUT2D eigenvalue weighted by atomic mass is 10.1. The van der Waals surface area contributed by atoms with Crippen LogP contribution < -0.4 is 0 Å². The molecule has 0 radical (unpaired) electrons. The summed E-state index contributed by atoms with van der Waals surface area (Å²) < 4.78 is 0. The fourth-order valence-electron chi connectivity index (χ4n) is 2.24. The Labute approximate surface area is 126 Å². The summed E-state index contributed by atoms with van der Waals surface area (Å²) in [5.41, 5.74) is 5.60. The van der Waals surface area contributed by atoms with Crippen LogP contribution in [0.15, 0.2) is 53.4 Å². The van der Waals surface area contributed by atoms with Gasteiger partial charge in [-0.3, -0.25) is 0 Å². The third kappa shape index (κ3) is 4.01. The first kappa shape index (κ1) is 14.9. The number of hydrogen-bond donors (Lipinski definition) is 0. The maximum Gasteiger partial charge on any atom is 0.0101 e. The van der Waals surface area contributed by atoms with Gasteiger partial charge in [-0.05, 0) is 48.8 Å². The van der Waals surface area contributed by atoms with Crippen molar-refractivity contribution in [2.45, 2.75) is 32.1 Å². The molecule has 0 heterocycles. The van der Waals surface area contributed by atoms with Gasteiger partial charge in [-0.2, -0.15) is 0 Å². The Balaban J connectivity index is 0.000000147. The maximum absolute atomic E-state index is 2.23. The Morgan fingerprint density at radius 3 is 2.60 bits per heavy atom. The van der Waals surface area contributed by atoms with Crippen LogP contribution in [0.3, 0.4) is 0 Å². The summed E-state index contributed by atoms with van der Waals surface area (Å²) in [7, 11) is 0. The molecular formula is C19H22S. The summed E-state index contributed by atoms with van der Waals surface area (Å²) in [5.74, 6) is 1.16. The molecule has 0 N–H and O–H groups in total. The van der Waals surface area contributed by atoms with Gasteiger partial charge in [-0.25, -0.2) is 0 Å². The highest BCUT2D eigenvalue weighted by molar-refractivity contribution is 7.99. The van der Waals surface area contributed by atoms with E-state index < -0.39 is 0 Å². The van der Waals surface area contributed by atoms with Crippen LogP contribution in [0.1, 0.15) is 29.2 Å². The molecule has 0 amide bonds. The molecule has 0 saturated heterocycles. The van der Waals surface area contributed by atoms with Gasteiger partial charge in [0.05, 0.1) is 0 Å². The van der Waals surface area contributed by atoms with E-state index >= 15 is 0 Å². The van der Waals surface area contributed by atoms with E-state index in [2.05, 4.69) is 75.4 Å². The fraction of sp³-hybridized carbons (Fsp3) is 0.263. The molecule has 2 aromatic carbocycles. The van der Waals surface area contributed by atoms with E-state index in [1.165, 1.54) is 27.1 Å². The zero-order valence-electron chi connectivity index (χ0n) is 12.5. The number of fused-ring (bicyclic) bond motifs is 1. The van der Waals surface area contributed by atoms with E-state index in [1.54, 1.807) is 0 Å². The molecule has 0 saturated carbocycles. The maximum atomic E-state index is 2.23. The van der Waals surface area contributed by atoms with Crippen LogP contribution in [-0.4, -0.2) is 5.75 Å². The largest absolute Gasteiger partial charge is 0.126 e. The fourth-order valence-corrected chi connectivity index (χ4v) is 3.02. The molecule has 0 aliphatic heterocycles. The number of hydrogen-bond acceptors (Lipinski definition) is 1. The van der Waals surface area contributed by atoms with Crippen LogP contribution >= 0.6 is 11.8 Å². The van der Waals surface area contributed by atoms with Crippen molar-refractivity contribution >= 4 is 17.8 Å². The molecule has 0 atom stereocenters. The Morgan fingerprint density at radius 2 is 1.85 bits per heavy atom. The molecule has 0 fully saturated rings. The number of rotatable bonds is 2. The van der Waals surface area contributed by atoms with Crippen molar-refractivity contribution in [3.63, 3.8) is 0 Å².